The molecule has 0 unspecified atom stereocenters. The van der Waals surface area contributed by atoms with E-state index in [9.17, 15) is 4.79 Å². The molecule has 1 aromatic heterocycles. The predicted octanol–water partition coefficient (Wildman–Crippen LogP) is 2.06. The van der Waals surface area contributed by atoms with Crippen LogP contribution in [0.4, 0.5) is 5.95 Å². The Morgan fingerprint density at radius 1 is 1.41 bits per heavy atom. The maximum absolute atomic E-state index is 12.6. The molecule has 1 aliphatic carbocycles. The van der Waals surface area contributed by atoms with Crippen molar-refractivity contribution in [2.45, 2.75) is 32.1 Å². The van der Waals surface area contributed by atoms with Crippen LogP contribution < -0.4 is 10.9 Å². The fourth-order valence-corrected chi connectivity index (χ4v) is 3.20. The molecule has 22 heavy (non-hydrogen) atoms. The third-order valence-electron chi connectivity index (χ3n) is 4.56. The summed E-state index contributed by atoms with van der Waals surface area (Å²) < 4.78 is 0. The first-order valence-corrected chi connectivity index (χ1v) is 7.67. The Bertz CT molecular complexity index is 754. The van der Waals surface area contributed by atoms with Gasteiger partial charge in [-0.2, -0.15) is 0 Å². The maximum atomic E-state index is 12.6. The number of H-pyrrole nitrogens is 1. The zero-order valence-corrected chi connectivity index (χ0v) is 12.9. The van der Waals surface area contributed by atoms with Crippen molar-refractivity contribution >= 4 is 5.95 Å². The first-order valence-electron chi connectivity index (χ1n) is 7.67. The van der Waals surface area contributed by atoms with Crippen molar-refractivity contribution in [2.24, 2.45) is 0 Å². The minimum Gasteiger partial charge on any atom is -0.395 e. The van der Waals surface area contributed by atoms with Crippen LogP contribution in [-0.2, 0) is 11.8 Å². The molecule has 0 radical (unpaired) electrons. The van der Waals surface area contributed by atoms with Gasteiger partial charge in [0.2, 0.25) is 5.95 Å². The quantitative estimate of drug-likeness (QED) is 0.807. The summed E-state index contributed by atoms with van der Waals surface area (Å²) in [5.74, 6) is 0.410. The Morgan fingerprint density at radius 3 is 2.91 bits per heavy atom. The van der Waals surface area contributed by atoms with E-state index in [-0.39, 0.29) is 17.6 Å². The molecule has 2 aromatic rings. The van der Waals surface area contributed by atoms with Crippen LogP contribution in [0.3, 0.4) is 0 Å². The van der Waals surface area contributed by atoms with Crippen molar-refractivity contribution in [3.05, 3.63) is 45.7 Å². The molecule has 3 N–H and O–H groups in total. The number of nitrogens with zero attached hydrogens (tertiary/aromatic N) is 1. The first kappa shape index (κ1) is 14.8. The van der Waals surface area contributed by atoms with E-state index in [1.807, 2.05) is 18.2 Å². The van der Waals surface area contributed by atoms with Crippen LogP contribution >= 0.6 is 0 Å². The standard InChI is InChI=1S/C17H21N3O2/c1-3-17(2)10-11-6-4-5-7-12(11)14-13(17)15(22)20-16(19-14)18-8-9-21/h4-7,21H,3,8-10H2,1-2H3,(H2,18,19,20,22)/t17-/m0/s1. The summed E-state index contributed by atoms with van der Waals surface area (Å²) in [4.78, 5) is 20.1. The Morgan fingerprint density at radius 2 is 2.18 bits per heavy atom. The first-order chi connectivity index (χ1) is 10.6. The highest BCUT2D eigenvalue weighted by molar-refractivity contribution is 5.72. The van der Waals surface area contributed by atoms with E-state index in [4.69, 9.17) is 5.11 Å². The molecule has 5 nitrogen and oxygen atoms in total. The van der Waals surface area contributed by atoms with Gasteiger partial charge in [0.1, 0.15) is 0 Å². The highest BCUT2D eigenvalue weighted by Gasteiger charge is 2.37. The maximum Gasteiger partial charge on any atom is 0.256 e. The van der Waals surface area contributed by atoms with Crippen molar-refractivity contribution in [3.8, 4) is 11.3 Å². The molecule has 0 saturated carbocycles. The number of fused-ring (bicyclic) bond motifs is 3. The molecule has 5 heteroatoms. The number of aliphatic hydroxyl groups excluding tert-OH is 1. The lowest BCUT2D eigenvalue weighted by Gasteiger charge is -2.35. The number of rotatable bonds is 4. The molecule has 1 aromatic carbocycles. The van der Waals surface area contributed by atoms with E-state index in [0.717, 1.165) is 29.7 Å². The number of anilines is 1. The minimum absolute atomic E-state index is 0.00986. The molecule has 3 rings (SSSR count). The van der Waals surface area contributed by atoms with E-state index in [1.54, 1.807) is 0 Å². The Balaban J connectivity index is 2.23. The van der Waals surface area contributed by atoms with Gasteiger partial charge < -0.3 is 10.4 Å². The largest absolute Gasteiger partial charge is 0.395 e. The third kappa shape index (κ3) is 2.31. The molecule has 0 spiro atoms. The number of nitrogens with one attached hydrogen (secondary N) is 2. The summed E-state index contributed by atoms with van der Waals surface area (Å²) >= 11 is 0. The number of benzene rings is 1. The molecule has 0 saturated heterocycles. The van der Waals surface area contributed by atoms with E-state index in [1.165, 1.54) is 5.56 Å². The van der Waals surface area contributed by atoms with Crippen molar-refractivity contribution in [2.75, 3.05) is 18.5 Å². The summed E-state index contributed by atoms with van der Waals surface area (Å²) in [6, 6.07) is 8.13. The molecule has 1 aliphatic rings. The molecule has 116 valence electrons. The number of hydrogen-bond donors (Lipinski definition) is 3. The Kier molecular flexibility index (Phi) is 3.74. The monoisotopic (exact) mass is 299 g/mol. The van der Waals surface area contributed by atoms with Crippen LogP contribution in [0, 0.1) is 0 Å². The minimum atomic E-state index is -0.209. The van der Waals surface area contributed by atoms with Crippen LogP contribution in [0.1, 0.15) is 31.4 Å². The lowest BCUT2D eigenvalue weighted by Crippen LogP contribution is -2.36. The van der Waals surface area contributed by atoms with Gasteiger partial charge in [-0.05, 0) is 18.4 Å². The number of aromatic nitrogens is 2. The second kappa shape index (κ2) is 5.57. The molecule has 0 fully saturated rings. The van der Waals surface area contributed by atoms with E-state index >= 15 is 0 Å². The molecular weight excluding hydrogens is 278 g/mol. The summed E-state index contributed by atoms with van der Waals surface area (Å²) in [6.45, 7) is 4.58. The Labute approximate surface area is 129 Å². The highest BCUT2D eigenvalue weighted by atomic mass is 16.3. The van der Waals surface area contributed by atoms with Crippen LogP contribution in [-0.4, -0.2) is 28.2 Å². The topological polar surface area (TPSA) is 78.0 Å². The molecule has 0 bridgehead atoms. The second-order valence-corrected chi connectivity index (χ2v) is 6.04. The smallest absolute Gasteiger partial charge is 0.256 e. The lowest BCUT2D eigenvalue weighted by atomic mass is 9.69. The van der Waals surface area contributed by atoms with Crippen LogP contribution in [0.5, 0.6) is 0 Å². The van der Waals surface area contributed by atoms with Crippen molar-refractivity contribution in [1.82, 2.24) is 9.97 Å². The van der Waals surface area contributed by atoms with Crippen LogP contribution in [0.15, 0.2) is 29.1 Å². The fraction of sp³-hybridized carbons (Fsp3) is 0.412. The van der Waals surface area contributed by atoms with Gasteiger partial charge in [0.05, 0.1) is 12.3 Å². The van der Waals surface area contributed by atoms with Gasteiger partial charge in [-0.25, -0.2) is 4.98 Å². The van der Waals surface area contributed by atoms with E-state index in [0.29, 0.717) is 12.5 Å². The normalized spacial score (nSPS) is 19.4. The number of hydrogen-bond acceptors (Lipinski definition) is 4. The third-order valence-corrected chi connectivity index (χ3v) is 4.56. The van der Waals surface area contributed by atoms with Gasteiger partial charge in [0.15, 0.2) is 0 Å². The molecule has 1 atom stereocenters. The summed E-state index contributed by atoms with van der Waals surface area (Å²) in [5.41, 5.74) is 3.48. The van der Waals surface area contributed by atoms with Gasteiger partial charge in [-0.15, -0.1) is 0 Å². The average Bonchev–Trinajstić information content (AvgIpc) is 2.52. The van der Waals surface area contributed by atoms with E-state index < -0.39 is 0 Å². The summed E-state index contributed by atoms with van der Waals surface area (Å²) in [5, 5.41) is 11.9. The second-order valence-electron chi connectivity index (χ2n) is 6.04. The van der Waals surface area contributed by atoms with Gasteiger partial charge in [-0.1, -0.05) is 38.1 Å². The molecule has 0 amide bonds. The number of aromatic amines is 1. The zero-order valence-electron chi connectivity index (χ0n) is 12.9. The SMILES string of the molecule is CC[C@@]1(C)Cc2ccccc2-c2nc(NCCO)[nH]c(=O)c21. The highest BCUT2D eigenvalue weighted by Crippen LogP contribution is 2.42. The molecule has 1 heterocycles. The predicted molar refractivity (Wildman–Crippen MR) is 87.2 cm³/mol. The lowest BCUT2D eigenvalue weighted by molar-refractivity contribution is 0.310. The average molecular weight is 299 g/mol. The van der Waals surface area contributed by atoms with Crippen LogP contribution in [0.25, 0.3) is 11.3 Å². The van der Waals surface area contributed by atoms with Gasteiger partial charge in [0.25, 0.3) is 5.56 Å². The van der Waals surface area contributed by atoms with Gasteiger partial charge in [-0.3, -0.25) is 9.78 Å². The van der Waals surface area contributed by atoms with Crippen molar-refractivity contribution in [3.63, 3.8) is 0 Å². The van der Waals surface area contributed by atoms with Crippen molar-refractivity contribution < 1.29 is 5.11 Å². The van der Waals surface area contributed by atoms with E-state index in [2.05, 4.69) is 35.2 Å². The van der Waals surface area contributed by atoms with Crippen LogP contribution in [0.2, 0.25) is 0 Å². The summed E-state index contributed by atoms with van der Waals surface area (Å²) in [7, 11) is 0. The Hall–Kier alpha value is -2.14. The number of aliphatic hydroxyl groups is 1. The molecular formula is C17H21N3O2. The molecule has 0 aliphatic heterocycles. The van der Waals surface area contributed by atoms with Gasteiger partial charge >= 0.3 is 0 Å². The van der Waals surface area contributed by atoms with Crippen molar-refractivity contribution in [1.29, 1.82) is 0 Å². The zero-order chi connectivity index (χ0) is 15.7. The summed E-state index contributed by atoms with van der Waals surface area (Å²) in [6.07, 6.45) is 1.73. The van der Waals surface area contributed by atoms with Gasteiger partial charge in [0, 0.05) is 23.1 Å². The fourth-order valence-electron chi connectivity index (χ4n) is 3.20.